The highest BCUT2D eigenvalue weighted by Crippen LogP contribution is 2.27. The van der Waals surface area contributed by atoms with Crippen molar-refractivity contribution in [2.24, 2.45) is 0 Å². The number of hydrogen-bond acceptors (Lipinski definition) is 6. The lowest BCUT2D eigenvalue weighted by atomic mass is 10.2. The normalized spacial score (nSPS) is 11.2. The Balaban J connectivity index is 2.18. The van der Waals surface area contributed by atoms with Crippen LogP contribution in [0.4, 0.5) is 0 Å². The molecule has 26 heavy (non-hydrogen) atoms. The lowest BCUT2D eigenvalue weighted by Crippen LogP contribution is -2.25. The van der Waals surface area contributed by atoms with Gasteiger partial charge in [-0.25, -0.2) is 14.6 Å². The summed E-state index contributed by atoms with van der Waals surface area (Å²) in [5, 5.41) is 18.5. The van der Waals surface area contributed by atoms with Gasteiger partial charge >= 0.3 is 11.9 Å². The minimum atomic E-state index is -1.19. The van der Waals surface area contributed by atoms with Crippen molar-refractivity contribution in [1.29, 1.82) is 0 Å². The summed E-state index contributed by atoms with van der Waals surface area (Å²) in [5.74, 6) is -1.67. The Bertz CT molecular complexity index is 1080. The molecule has 3 aromatic heterocycles. The van der Waals surface area contributed by atoms with Gasteiger partial charge in [0.2, 0.25) is 5.76 Å². The van der Waals surface area contributed by atoms with E-state index in [1.165, 1.54) is 16.7 Å². The second-order valence-electron chi connectivity index (χ2n) is 5.78. The van der Waals surface area contributed by atoms with Crippen molar-refractivity contribution in [3.63, 3.8) is 0 Å². The first-order valence-corrected chi connectivity index (χ1v) is 8.73. The van der Waals surface area contributed by atoms with E-state index in [1.54, 1.807) is 6.92 Å². The molecule has 0 aliphatic rings. The molecule has 0 radical (unpaired) electrons. The lowest BCUT2D eigenvalue weighted by molar-refractivity contribution is 0.0657. The molecule has 0 atom stereocenters. The van der Waals surface area contributed by atoms with Gasteiger partial charge in [-0.15, -0.1) is 11.3 Å². The molecule has 0 aliphatic heterocycles. The quantitative estimate of drug-likeness (QED) is 0.678. The molecule has 0 bridgehead atoms. The SMILES string of the molecule is CCCc1nc2sc(C(=O)O)c(C)c2c(=O)n1Cc1ccc(C(=O)O)o1. The van der Waals surface area contributed by atoms with Crippen LogP contribution in [-0.4, -0.2) is 31.7 Å². The van der Waals surface area contributed by atoms with Crippen molar-refractivity contribution in [3.8, 4) is 0 Å². The van der Waals surface area contributed by atoms with E-state index < -0.39 is 11.9 Å². The Kier molecular flexibility index (Phi) is 4.64. The van der Waals surface area contributed by atoms with Gasteiger partial charge in [0, 0.05) is 6.42 Å². The van der Waals surface area contributed by atoms with Crippen molar-refractivity contribution in [3.05, 3.63) is 50.3 Å². The fraction of sp³-hybridized carbons (Fsp3) is 0.294. The molecule has 2 N–H and O–H groups in total. The van der Waals surface area contributed by atoms with E-state index in [1.807, 2.05) is 6.92 Å². The zero-order valence-corrected chi connectivity index (χ0v) is 14.9. The maximum absolute atomic E-state index is 13.0. The third-order valence-electron chi connectivity index (χ3n) is 3.98. The number of aromatic carboxylic acids is 2. The van der Waals surface area contributed by atoms with Gasteiger partial charge in [0.25, 0.3) is 5.56 Å². The monoisotopic (exact) mass is 376 g/mol. The molecular weight excluding hydrogens is 360 g/mol. The first-order valence-electron chi connectivity index (χ1n) is 7.91. The molecule has 9 heteroatoms. The highest BCUT2D eigenvalue weighted by molar-refractivity contribution is 7.20. The van der Waals surface area contributed by atoms with Gasteiger partial charge in [0.15, 0.2) is 0 Å². The topological polar surface area (TPSA) is 123 Å². The second-order valence-corrected chi connectivity index (χ2v) is 6.78. The summed E-state index contributed by atoms with van der Waals surface area (Å²) in [6.07, 6.45) is 1.27. The summed E-state index contributed by atoms with van der Waals surface area (Å²) in [5.41, 5.74) is 0.0328. The summed E-state index contributed by atoms with van der Waals surface area (Å²) < 4.78 is 6.66. The number of carboxylic acids is 2. The van der Waals surface area contributed by atoms with Crippen molar-refractivity contribution in [2.45, 2.75) is 33.2 Å². The molecule has 3 aromatic rings. The third kappa shape index (κ3) is 3.01. The predicted octanol–water partition coefficient (Wildman–Crippen LogP) is 2.76. The number of aryl methyl sites for hydroxylation is 2. The van der Waals surface area contributed by atoms with Crippen LogP contribution in [0, 0.1) is 6.92 Å². The standard InChI is InChI=1S/C17H16N2O6S/c1-3-4-11-18-14-12(8(2)13(26-14)17(23)24)15(20)19(11)7-9-5-6-10(25-9)16(21)22/h5-6H,3-4,7H2,1-2H3,(H,21,22)(H,23,24). The summed E-state index contributed by atoms with van der Waals surface area (Å²) in [4.78, 5) is 40.3. The van der Waals surface area contributed by atoms with Crippen molar-refractivity contribution in [1.82, 2.24) is 9.55 Å². The number of carbonyl (C=O) groups is 2. The smallest absolute Gasteiger partial charge is 0.371 e. The molecule has 0 fully saturated rings. The van der Waals surface area contributed by atoms with E-state index >= 15 is 0 Å². The van der Waals surface area contributed by atoms with Crippen LogP contribution >= 0.6 is 11.3 Å². The maximum Gasteiger partial charge on any atom is 0.371 e. The number of aromatic nitrogens is 2. The van der Waals surface area contributed by atoms with Crippen LogP contribution in [0.25, 0.3) is 10.2 Å². The van der Waals surface area contributed by atoms with Crippen LogP contribution < -0.4 is 5.56 Å². The fourth-order valence-electron chi connectivity index (χ4n) is 2.77. The molecule has 3 rings (SSSR count). The largest absolute Gasteiger partial charge is 0.477 e. The number of rotatable bonds is 6. The van der Waals surface area contributed by atoms with Crippen LogP contribution in [-0.2, 0) is 13.0 Å². The predicted molar refractivity (Wildman–Crippen MR) is 94.3 cm³/mol. The van der Waals surface area contributed by atoms with Crippen molar-refractivity contribution >= 4 is 33.5 Å². The van der Waals surface area contributed by atoms with Crippen LogP contribution in [0.5, 0.6) is 0 Å². The van der Waals surface area contributed by atoms with Crippen LogP contribution in [0.3, 0.4) is 0 Å². The number of hydrogen-bond donors (Lipinski definition) is 2. The average Bonchev–Trinajstić information content (AvgIpc) is 3.16. The molecular formula is C17H16N2O6S. The molecule has 8 nitrogen and oxygen atoms in total. The molecule has 0 spiro atoms. The maximum atomic E-state index is 13.0. The van der Waals surface area contributed by atoms with Crippen molar-refractivity contribution < 1.29 is 24.2 Å². The van der Waals surface area contributed by atoms with E-state index in [-0.39, 0.29) is 28.1 Å². The summed E-state index contributed by atoms with van der Waals surface area (Å²) in [7, 11) is 0. The van der Waals surface area contributed by atoms with Gasteiger partial charge in [-0.1, -0.05) is 6.92 Å². The van der Waals surface area contributed by atoms with Gasteiger partial charge in [0.05, 0.1) is 11.9 Å². The Hall–Kier alpha value is -2.94. The molecule has 0 aliphatic carbocycles. The second kappa shape index (κ2) is 6.75. The van der Waals surface area contributed by atoms with E-state index in [9.17, 15) is 19.5 Å². The molecule has 3 heterocycles. The lowest BCUT2D eigenvalue weighted by Gasteiger charge is -2.10. The molecule has 136 valence electrons. The summed E-state index contributed by atoms with van der Waals surface area (Å²) >= 11 is 0.984. The molecule has 0 amide bonds. The highest BCUT2D eigenvalue weighted by Gasteiger charge is 2.21. The van der Waals surface area contributed by atoms with Gasteiger partial charge in [0.1, 0.15) is 21.3 Å². The van der Waals surface area contributed by atoms with Gasteiger partial charge < -0.3 is 14.6 Å². The number of furan rings is 1. The van der Waals surface area contributed by atoms with E-state index in [0.717, 1.165) is 17.8 Å². The highest BCUT2D eigenvalue weighted by atomic mass is 32.1. The number of thiophene rings is 1. The molecule has 0 saturated heterocycles. The number of carboxylic acid groups (broad SMARTS) is 2. The zero-order valence-electron chi connectivity index (χ0n) is 14.1. The molecule has 0 aromatic carbocycles. The van der Waals surface area contributed by atoms with E-state index in [2.05, 4.69) is 4.98 Å². The Labute approximate surface area is 151 Å². The summed E-state index contributed by atoms with van der Waals surface area (Å²) in [6, 6.07) is 2.82. The minimum Gasteiger partial charge on any atom is -0.477 e. The van der Waals surface area contributed by atoms with Crippen LogP contribution in [0.1, 0.15) is 50.7 Å². The van der Waals surface area contributed by atoms with Gasteiger partial charge in [-0.2, -0.15) is 0 Å². The van der Waals surface area contributed by atoms with E-state index in [0.29, 0.717) is 28.4 Å². The third-order valence-corrected chi connectivity index (χ3v) is 5.16. The van der Waals surface area contributed by atoms with Crippen LogP contribution in [0.2, 0.25) is 0 Å². The zero-order chi connectivity index (χ0) is 19.0. The average molecular weight is 376 g/mol. The Morgan fingerprint density at radius 2 is 2.00 bits per heavy atom. The Morgan fingerprint density at radius 1 is 1.27 bits per heavy atom. The van der Waals surface area contributed by atoms with Gasteiger partial charge in [-0.05, 0) is 31.0 Å². The number of fused-ring (bicyclic) bond motifs is 1. The summed E-state index contributed by atoms with van der Waals surface area (Å²) in [6.45, 7) is 3.56. The van der Waals surface area contributed by atoms with Crippen molar-refractivity contribution in [2.75, 3.05) is 0 Å². The molecule has 0 saturated carbocycles. The first kappa shape index (κ1) is 17.9. The first-order chi connectivity index (χ1) is 12.3. The van der Waals surface area contributed by atoms with Crippen LogP contribution in [0.15, 0.2) is 21.3 Å². The minimum absolute atomic E-state index is 0.0298. The number of nitrogens with zero attached hydrogens (tertiary/aromatic N) is 2. The van der Waals surface area contributed by atoms with Gasteiger partial charge in [-0.3, -0.25) is 9.36 Å². The van der Waals surface area contributed by atoms with E-state index in [4.69, 9.17) is 9.52 Å². The molecule has 0 unspecified atom stereocenters. The fourth-order valence-corrected chi connectivity index (χ4v) is 3.80. The Morgan fingerprint density at radius 3 is 2.58 bits per heavy atom.